The largest absolute Gasteiger partial charge is 0.476 e. The van der Waals surface area contributed by atoms with E-state index >= 15 is 0 Å². The van der Waals surface area contributed by atoms with E-state index in [0.717, 1.165) is 25.7 Å². The van der Waals surface area contributed by atoms with Gasteiger partial charge in [-0.1, -0.05) is 11.6 Å². The van der Waals surface area contributed by atoms with E-state index in [1.807, 2.05) is 0 Å². The minimum absolute atomic E-state index is 0.0504. The van der Waals surface area contributed by atoms with Crippen LogP contribution in [0.25, 0.3) is 0 Å². The van der Waals surface area contributed by atoms with Crippen LogP contribution in [0.5, 0.6) is 5.88 Å². The molecule has 1 aromatic rings. The number of ether oxygens (including phenoxy) is 1. The van der Waals surface area contributed by atoms with Crippen molar-refractivity contribution < 1.29 is 14.6 Å². The second-order valence-electron chi connectivity index (χ2n) is 3.55. The number of hydrogen-bond donors (Lipinski definition) is 2. The van der Waals surface area contributed by atoms with Gasteiger partial charge >= 0.3 is 5.97 Å². The van der Waals surface area contributed by atoms with E-state index in [1.54, 1.807) is 0 Å². The molecule has 1 aromatic heterocycles. The van der Waals surface area contributed by atoms with Crippen LogP contribution in [-0.2, 0) is 0 Å². The van der Waals surface area contributed by atoms with Gasteiger partial charge in [0.05, 0.1) is 0 Å². The number of carbonyl (C=O) groups is 1. The molecule has 0 amide bonds. The molecule has 1 aliphatic carbocycles. The highest BCUT2D eigenvalue weighted by atomic mass is 35.5. The Labute approximate surface area is 91.4 Å². The van der Waals surface area contributed by atoms with Gasteiger partial charge in [0, 0.05) is 0 Å². The van der Waals surface area contributed by atoms with Crippen LogP contribution >= 0.6 is 11.6 Å². The van der Waals surface area contributed by atoms with Crippen LogP contribution < -0.4 is 4.74 Å². The summed E-state index contributed by atoms with van der Waals surface area (Å²) in [5.74, 6) is -0.935. The molecule has 1 saturated carbocycles. The Morgan fingerprint density at radius 1 is 1.53 bits per heavy atom. The molecular formula is C9H11ClN2O3. The van der Waals surface area contributed by atoms with Crippen molar-refractivity contribution in [2.24, 2.45) is 0 Å². The average molecular weight is 231 g/mol. The molecule has 0 aromatic carbocycles. The van der Waals surface area contributed by atoms with Gasteiger partial charge in [0.25, 0.3) is 5.88 Å². The first kappa shape index (κ1) is 10.3. The van der Waals surface area contributed by atoms with Gasteiger partial charge in [-0.3, -0.25) is 5.10 Å². The van der Waals surface area contributed by atoms with Gasteiger partial charge in [-0.15, -0.1) is 5.10 Å². The van der Waals surface area contributed by atoms with Crippen molar-refractivity contribution in [1.82, 2.24) is 10.2 Å². The molecular weight excluding hydrogens is 220 g/mol. The third-order valence-electron chi connectivity index (χ3n) is 2.47. The molecule has 0 aliphatic heterocycles. The first-order chi connectivity index (χ1) is 7.18. The maximum Gasteiger partial charge on any atom is 0.355 e. The summed E-state index contributed by atoms with van der Waals surface area (Å²) < 4.78 is 5.50. The summed E-state index contributed by atoms with van der Waals surface area (Å²) in [7, 11) is 0. The van der Waals surface area contributed by atoms with Gasteiger partial charge in [0.1, 0.15) is 11.1 Å². The van der Waals surface area contributed by atoms with E-state index in [-0.39, 0.29) is 22.7 Å². The Hall–Kier alpha value is -1.23. The lowest BCUT2D eigenvalue weighted by Crippen LogP contribution is -2.11. The highest BCUT2D eigenvalue weighted by Crippen LogP contribution is 2.29. The van der Waals surface area contributed by atoms with Crippen LogP contribution in [0.4, 0.5) is 0 Å². The first-order valence-corrected chi connectivity index (χ1v) is 5.20. The van der Waals surface area contributed by atoms with Gasteiger partial charge in [-0.05, 0) is 25.7 Å². The number of aromatic carboxylic acids is 1. The van der Waals surface area contributed by atoms with Crippen molar-refractivity contribution in [2.45, 2.75) is 31.8 Å². The van der Waals surface area contributed by atoms with Crippen LogP contribution in [0.15, 0.2) is 0 Å². The predicted molar refractivity (Wildman–Crippen MR) is 53.4 cm³/mol. The summed E-state index contributed by atoms with van der Waals surface area (Å²) in [4.78, 5) is 10.7. The van der Waals surface area contributed by atoms with E-state index in [0.29, 0.717) is 0 Å². The Morgan fingerprint density at radius 2 is 2.20 bits per heavy atom. The number of nitrogens with one attached hydrogen (secondary N) is 1. The third kappa shape index (κ3) is 2.07. The Kier molecular flexibility index (Phi) is 2.81. The highest BCUT2D eigenvalue weighted by Gasteiger charge is 2.22. The number of carboxylic acids is 1. The van der Waals surface area contributed by atoms with Crippen LogP contribution in [0.2, 0.25) is 5.02 Å². The van der Waals surface area contributed by atoms with E-state index in [4.69, 9.17) is 21.4 Å². The minimum atomic E-state index is -1.13. The number of halogens is 1. The summed E-state index contributed by atoms with van der Waals surface area (Å²) in [5, 5.41) is 14.9. The van der Waals surface area contributed by atoms with Gasteiger partial charge in [-0.25, -0.2) is 4.79 Å². The molecule has 0 radical (unpaired) electrons. The van der Waals surface area contributed by atoms with Crippen molar-refractivity contribution in [3.05, 3.63) is 10.7 Å². The molecule has 1 aliphatic rings. The Bertz CT molecular complexity index is 371. The SMILES string of the molecule is O=C(O)c1[nH]nc(OC2CCCC2)c1Cl. The van der Waals surface area contributed by atoms with Crippen LogP contribution in [-0.4, -0.2) is 27.4 Å². The molecule has 0 unspecified atom stereocenters. The van der Waals surface area contributed by atoms with Gasteiger partial charge < -0.3 is 9.84 Å². The maximum absolute atomic E-state index is 10.7. The van der Waals surface area contributed by atoms with Gasteiger partial charge in [0.15, 0.2) is 5.69 Å². The molecule has 5 nitrogen and oxygen atoms in total. The molecule has 1 heterocycles. The molecule has 0 saturated heterocycles. The van der Waals surface area contributed by atoms with E-state index in [2.05, 4.69) is 10.2 Å². The molecule has 6 heteroatoms. The lowest BCUT2D eigenvalue weighted by molar-refractivity contribution is 0.0690. The lowest BCUT2D eigenvalue weighted by atomic mass is 10.3. The Morgan fingerprint density at radius 3 is 2.73 bits per heavy atom. The van der Waals surface area contributed by atoms with Crippen molar-refractivity contribution in [3.8, 4) is 5.88 Å². The topological polar surface area (TPSA) is 75.2 Å². The normalized spacial score (nSPS) is 16.9. The van der Waals surface area contributed by atoms with E-state index in [9.17, 15) is 4.79 Å². The number of H-pyrrole nitrogens is 1. The molecule has 1 fully saturated rings. The lowest BCUT2D eigenvalue weighted by Gasteiger charge is -2.09. The fourth-order valence-corrected chi connectivity index (χ4v) is 1.91. The van der Waals surface area contributed by atoms with Crippen LogP contribution in [0.3, 0.4) is 0 Å². The summed E-state index contributed by atoms with van der Waals surface area (Å²) >= 11 is 5.80. The molecule has 0 atom stereocenters. The number of rotatable bonds is 3. The molecule has 82 valence electrons. The highest BCUT2D eigenvalue weighted by molar-refractivity contribution is 6.34. The number of carboxylic acid groups (broad SMARTS) is 1. The van der Waals surface area contributed by atoms with Crippen molar-refractivity contribution in [1.29, 1.82) is 0 Å². The predicted octanol–water partition coefficient (Wildman–Crippen LogP) is 2.08. The fraction of sp³-hybridized carbons (Fsp3) is 0.556. The van der Waals surface area contributed by atoms with Crippen molar-refractivity contribution >= 4 is 17.6 Å². The average Bonchev–Trinajstić information content (AvgIpc) is 2.78. The standard InChI is InChI=1S/C9H11ClN2O3/c10-6-7(9(13)14)11-12-8(6)15-5-3-1-2-4-5/h5H,1-4H2,(H,11,12)(H,13,14). The van der Waals surface area contributed by atoms with E-state index in [1.165, 1.54) is 0 Å². The molecule has 15 heavy (non-hydrogen) atoms. The summed E-state index contributed by atoms with van der Waals surface area (Å²) in [6.45, 7) is 0. The van der Waals surface area contributed by atoms with Crippen molar-refractivity contribution in [2.75, 3.05) is 0 Å². The number of aromatic nitrogens is 2. The minimum Gasteiger partial charge on any atom is -0.476 e. The summed E-state index contributed by atoms with van der Waals surface area (Å²) in [6, 6.07) is 0. The van der Waals surface area contributed by atoms with Gasteiger partial charge in [-0.2, -0.15) is 0 Å². The smallest absolute Gasteiger partial charge is 0.355 e. The summed E-state index contributed by atoms with van der Waals surface area (Å²) in [5.41, 5.74) is -0.121. The third-order valence-corrected chi connectivity index (χ3v) is 2.82. The van der Waals surface area contributed by atoms with Crippen LogP contribution in [0, 0.1) is 0 Å². The maximum atomic E-state index is 10.7. The monoisotopic (exact) mass is 230 g/mol. The second kappa shape index (κ2) is 4.10. The Balaban J connectivity index is 2.11. The zero-order valence-corrected chi connectivity index (χ0v) is 8.75. The molecule has 2 rings (SSSR count). The number of nitrogens with zero attached hydrogens (tertiary/aromatic N) is 1. The fourth-order valence-electron chi connectivity index (χ4n) is 1.70. The zero-order chi connectivity index (χ0) is 10.8. The quantitative estimate of drug-likeness (QED) is 0.834. The molecule has 0 bridgehead atoms. The van der Waals surface area contributed by atoms with Gasteiger partial charge in [0.2, 0.25) is 0 Å². The summed E-state index contributed by atoms with van der Waals surface area (Å²) in [6.07, 6.45) is 4.35. The van der Waals surface area contributed by atoms with E-state index < -0.39 is 5.97 Å². The molecule has 2 N–H and O–H groups in total. The first-order valence-electron chi connectivity index (χ1n) is 4.82. The molecule has 0 spiro atoms. The van der Waals surface area contributed by atoms with Crippen LogP contribution in [0.1, 0.15) is 36.2 Å². The number of aromatic amines is 1. The van der Waals surface area contributed by atoms with Crippen molar-refractivity contribution in [3.63, 3.8) is 0 Å². The second-order valence-corrected chi connectivity index (χ2v) is 3.93. The number of hydrogen-bond acceptors (Lipinski definition) is 3. The zero-order valence-electron chi connectivity index (χ0n) is 7.99.